The average molecular weight is 328 g/mol. The summed E-state index contributed by atoms with van der Waals surface area (Å²) in [5.41, 5.74) is 1.94. The van der Waals surface area contributed by atoms with Crippen molar-refractivity contribution in [3.8, 4) is 0 Å². The molecule has 2 aliphatic rings. The molecule has 2 aliphatic heterocycles. The van der Waals surface area contributed by atoms with Crippen molar-refractivity contribution in [2.24, 2.45) is 0 Å². The number of methoxy groups -OCH3 is 1. The van der Waals surface area contributed by atoms with Gasteiger partial charge in [0, 0.05) is 31.0 Å². The summed E-state index contributed by atoms with van der Waals surface area (Å²) in [5, 5.41) is 8.53. The summed E-state index contributed by atoms with van der Waals surface area (Å²) in [5.74, 6) is 1.94. The molecule has 2 aromatic heterocycles. The average Bonchev–Trinajstić information content (AvgIpc) is 3.09. The smallest absolute Gasteiger partial charge is 0.133 e. The van der Waals surface area contributed by atoms with Gasteiger partial charge >= 0.3 is 0 Å². The first-order valence-corrected chi connectivity index (χ1v) is 8.64. The number of anilines is 1. The molecule has 0 N–H and O–H groups in total. The maximum atomic E-state index is 5.14. The predicted octanol–water partition coefficient (Wildman–Crippen LogP) is 2.20. The maximum absolute atomic E-state index is 5.14. The molecule has 2 saturated heterocycles. The summed E-state index contributed by atoms with van der Waals surface area (Å²) in [7, 11) is 1.68. The van der Waals surface area contributed by atoms with E-state index >= 15 is 0 Å². The van der Waals surface area contributed by atoms with Gasteiger partial charge in [0.2, 0.25) is 0 Å². The molecule has 4 rings (SSSR count). The Hall–Kier alpha value is -2.02. The summed E-state index contributed by atoms with van der Waals surface area (Å²) in [6.07, 6.45) is 6.66. The Morgan fingerprint density at radius 1 is 1.12 bits per heavy atom. The monoisotopic (exact) mass is 328 g/mol. The van der Waals surface area contributed by atoms with Crippen LogP contribution in [0.2, 0.25) is 0 Å². The summed E-state index contributed by atoms with van der Waals surface area (Å²) >= 11 is 0. The summed E-state index contributed by atoms with van der Waals surface area (Å²) < 4.78 is 7.18. The molecule has 0 saturated carbocycles. The van der Waals surface area contributed by atoms with Crippen molar-refractivity contribution >= 4 is 5.82 Å². The van der Waals surface area contributed by atoms with Crippen LogP contribution < -0.4 is 4.90 Å². The van der Waals surface area contributed by atoms with Gasteiger partial charge in [-0.05, 0) is 39.5 Å². The fraction of sp³-hybridized carbons (Fsp3) is 0.647. The van der Waals surface area contributed by atoms with Crippen molar-refractivity contribution in [2.45, 2.75) is 64.3 Å². The van der Waals surface area contributed by atoms with E-state index in [0.717, 1.165) is 35.9 Å². The Morgan fingerprint density at radius 3 is 2.54 bits per heavy atom. The van der Waals surface area contributed by atoms with E-state index in [-0.39, 0.29) is 0 Å². The third-order valence-corrected chi connectivity index (χ3v) is 5.15. The molecular weight excluding hydrogens is 304 g/mol. The van der Waals surface area contributed by atoms with E-state index < -0.39 is 0 Å². The van der Waals surface area contributed by atoms with Gasteiger partial charge in [-0.1, -0.05) is 5.21 Å². The lowest BCUT2D eigenvalue weighted by molar-refractivity contribution is 0.181. The van der Waals surface area contributed by atoms with Gasteiger partial charge in [-0.15, -0.1) is 5.10 Å². The van der Waals surface area contributed by atoms with Crippen LogP contribution in [0.15, 0.2) is 12.3 Å². The molecule has 2 atom stereocenters. The van der Waals surface area contributed by atoms with Crippen LogP contribution in [-0.4, -0.2) is 44.2 Å². The van der Waals surface area contributed by atoms with Crippen molar-refractivity contribution in [3.63, 3.8) is 0 Å². The Balaban J connectivity index is 1.54. The van der Waals surface area contributed by atoms with Gasteiger partial charge in [0.25, 0.3) is 0 Å². The number of fused-ring (bicyclic) bond motifs is 2. The molecule has 2 unspecified atom stereocenters. The van der Waals surface area contributed by atoms with E-state index in [1.807, 2.05) is 24.7 Å². The van der Waals surface area contributed by atoms with Gasteiger partial charge in [-0.3, -0.25) is 0 Å². The number of hydrogen-bond donors (Lipinski definition) is 0. The highest BCUT2D eigenvalue weighted by atomic mass is 16.5. The number of nitrogens with zero attached hydrogens (tertiary/aromatic N) is 6. The zero-order valence-corrected chi connectivity index (χ0v) is 14.5. The van der Waals surface area contributed by atoms with Crippen molar-refractivity contribution < 1.29 is 4.74 Å². The molecule has 2 fully saturated rings. The number of aryl methyl sites for hydroxylation is 2. The Kier molecular flexibility index (Phi) is 3.96. The second-order valence-electron chi connectivity index (χ2n) is 6.96. The van der Waals surface area contributed by atoms with E-state index in [4.69, 9.17) is 4.74 Å². The molecule has 0 amide bonds. The predicted molar refractivity (Wildman–Crippen MR) is 89.8 cm³/mol. The first kappa shape index (κ1) is 15.5. The molecule has 7 nitrogen and oxygen atoms in total. The summed E-state index contributed by atoms with van der Waals surface area (Å²) in [6.45, 7) is 4.53. The lowest BCUT2D eigenvalue weighted by Gasteiger charge is -2.39. The number of piperidine rings is 1. The van der Waals surface area contributed by atoms with Gasteiger partial charge in [0.1, 0.15) is 17.3 Å². The van der Waals surface area contributed by atoms with E-state index in [1.165, 1.54) is 12.8 Å². The highest BCUT2D eigenvalue weighted by molar-refractivity contribution is 5.45. The summed E-state index contributed by atoms with van der Waals surface area (Å²) in [6, 6.07) is 3.58. The molecular formula is C17H24N6O. The Labute approximate surface area is 142 Å². The van der Waals surface area contributed by atoms with Crippen LogP contribution in [0.1, 0.15) is 48.9 Å². The van der Waals surface area contributed by atoms with Crippen LogP contribution in [-0.2, 0) is 11.3 Å². The third-order valence-electron chi connectivity index (χ3n) is 5.15. The molecule has 2 aromatic rings. The number of rotatable bonds is 4. The van der Waals surface area contributed by atoms with E-state index in [9.17, 15) is 0 Å². The van der Waals surface area contributed by atoms with Crippen LogP contribution in [0.25, 0.3) is 0 Å². The normalized spacial score (nSPS) is 26.1. The SMILES string of the molecule is COCc1cn(C2CC3CCC(C2)N3c2cc(C)nc(C)n2)nn1. The van der Waals surface area contributed by atoms with Crippen LogP contribution in [0.5, 0.6) is 0 Å². The largest absolute Gasteiger partial charge is 0.378 e. The van der Waals surface area contributed by atoms with E-state index in [2.05, 4.69) is 31.2 Å². The standard InChI is InChI=1S/C17H24N6O/c1-11-6-17(19-12(2)18-11)23-14-4-5-15(23)8-16(7-14)22-9-13(10-24-3)20-21-22/h6,9,14-16H,4-5,7-8,10H2,1-3H3. The van der Waals surface area contributed by atoms with Crippen molar-refractivity contribution in [1.29, 1.82) is 0 Å². The van der Waals surface area contributed by atoms with E-state index in [0.29, 0.717) is 24.7 Å². The molecule has 4 heterocycles. The zero-order valence-electron chi connectivity index (χ0n) is 14.5. The first-order chi connectivity index (χ1) is 11.6. The lowest BCUT2D eigenvalue weighted by Crippen LogP contribution is -2.44. The first-order valence-electron chi connectivity index (χ1n) is 8.64. The molecule has 0 aromatic carbocycles. The Morgan fingerprint density at radius 2 is 1.88 bits per heavy atom. The van der Waals surface area contributed by atoms with Crippen LogP contribution in [0.3, 0.4) is 0 Å². The van der Waals surface area contributed by atoms with Crippen LogP contribution >= 0.6 is 0 Å². The lowest BCUT2D eigenvalue weighted by atomic mass is 9.97. The maximum Gasteiger partial charge on any atom is 0.133 e. The second-order valence-corrected chi connectivity index (χ2v) is 6.96. The minimum Gasteiger partial charge on any atom is -0.378 e. The van der Waals surface area contributed by atoms with Gasteiger partial charge < -0.3 is 9.64 Å². The van der Waals surface area contributed by atoms with Crippen LogP contribution in [0.4, 0.5) is 5.82 Å². The topological polar surface area (TPSA) is 69.0 Å². The number of ether oxygens (including phenoxy) is 1. The minimum absolute atomic E-state index is 0.417. The molecule has 2 bridgehead atoms. The van der Waals surface area contributed by atoms with Crippen molar-refractivity contribution in [3.05, 3.63) is 29.5 Å². The van der Waals surface area contributed by atoms with Gasteiger partial charge in [-0.2, -0.15) is 0 Å². The quantitative estimate of drug-likeness (QED) is 0.857. The molecule has 0 aliphatic carbocycles. The summed E-state index contributed by atoms with van der Waals surface area (Å²) in [4.78, 5) is 11.6. The molecule has 0 spiro atoms. The van der Waals surface area contributed by atoms with E-state index in [1.54, 1.807) is 7.11 Å². The van der Waals surface area contributed by atoms with Gasteiger partial charge in [0.15, 0.2) is 0 Å². The van der Waals surface area contributed by atoms with Gasteiger partial charge in [0.05, 0.1) is 18.8 Å². The van der Waals surface area contributed by atoms with Gasteiger partial charge in [-0.25, -0.2) is 14.6 Å². The molecule has 24 heavy (non-hydrogen) atoms. The molecule has 7 heteroatoms. The minimum atomic E-state index is 0.417. The van der Waals surface area contributed by atoms with Crippen LogP contribution in [0, 0.1) is 13.8 Å². The molecule has 128 valence electrons. The van der Waals surface area contributed by atoms with Crippen molar-refractivity contribution in [2.75, 3.05) is 12.0 Å². The highest BCUT2D eigenvalue weighted by Crippen LogP contribution is 2.42. The Bertz CT molecular complexity index is 695. The fourth-order valence-electron chi connectivity index (χ4n) is 4.27. The highest BCUT2D eigenvalue weighted by Gasteiger charge is 2.42. The second kappa shape index (κ2) is 6.12. The zero-order chi connectivity index (χ0) is 16.7. The van der Waals surface area contributed by atoms with Crippen molar-refractivity contribution in [1.82, 2.24) is 25.0 Å². The number of hydrogen-bond acceptors (Lipinski definition) is 6. The number of aromatic nitrogens is 5. The fourth-order valence-corrected chi connectivity index (χ4v) is 4.27. The molecule has 0 radical (unpaired) electrons. The third kappa shape index (κ3) is 2.77.